The average Bonchev–Trinajstić information content (AvgIpc) is 2.02. The van der Waals surface area contributed by atoms with Gasteiger partial charge in [0, 0.05) is 6.20 Å². The third-order valence-corrected chi connectivity index (χ3v) is 1.52. The average molecular weight is 182 g/mol. The number of pyridine rings is 1. The zero-order chi connectivity index (χ0) is 10.0. The van der Waals surface area contributed by atoms with Crippen molar-refractivity contribution in [3.63, 3.8) is 0 Å². The van der Waals surface area contributed by atoms with Gasteiger partial charge in [0.25, 0.3) is 0 Å². The smallest absolute Gasteiger partial charge is 0.342 e. The van der Waals surface area contributed by atoms with Crippen molar-refractivity contribution in [2.24, 2.45) is 0 Å². The standard InChI is InChI=1S/C7H6N2O4/c1-4-6(9(12)13)5(7(10)11)2-3-8-4/h2-3H,1H3,(H,10,11). The number of carboxylic acid groups (broad SMARTS) is 1. The number of carboxylic acids is 1. The SMILES string of the molecule is Cc1nccc(C(=O)O)c1[N+](=O)[O-]. The van der Waals surface area contributed by atoms with Gasteiger partial charge in [0.05, 0.1) is 4.92 Å². The van der Waals surface area contributed by atoms with Crippen LogP contribution in [0.4, 0.5) is 5.69 Å². The molecule has 0 aliphatic heterocycles. The Morgan fingerprint density at radius 1 is 1.69 bits per heavy atom. The zero-order valence-electron chi connectivity index (χ0n) is 6.72. The molecular weight excluding hydrogens is 176 g/mol. The molecule has 0 spiro atoms. The van der Waals surface area contributed by atoms with Gasteiger partial charge in [0.15, 0.2) is 0 Å². The fraction of sp³-hybridized carbons (Fsp3) is 0.143. The number of rotatable bonds is 2. The van der Waals surface area contributed by atoms with Gasteiger partial charge in [-0.2, -0.15) is 0 Å². The molecule has 0 aliphatic rings. The van der Waals surface area contributed by atoms with Crippen LogP contribution in [0.2, 0.25) is 0 Å². The molecule has 0 radical (unpaired) electrons. The minimum atomic E-state index is -1.32. The van der Waals surface area contributed by atoms with Crippen molar-refractivity contribution < 1.29 is 14.8 Å². The maximum atomic E-state index is 10.5. The normalized spacial score (nSPS) is 9.62. The number of carbonyl (C=O) groups is 1. The van der Waals surface area contributed by atoms with E-state index in [1.807, 2.05) is 0 Å². The summed E-state index contributed by atoms with van der Waals surface area (Å²) in [4.78, 5) is 23.9. The summed E-state index contributed by atoms with van der Waals surface area (Å²) in [6, 6.07) is 1.10. The number of aromatic carboxylic acids is 1. The fourth-order valence-electron chi connectivity index (χ4n) is 0.962. The third-order valence-electron chi connectivity index (χ3n) is 1.52. The van der Waals surface area contributed by atoms with Crippen molar-refractivity contribution in [1.82, 2.24) is 4.98 Å². The second kappa shape index (κ2) is 3.18. The summed E-state index contributed by atoms with van der Waals surface area (Å²) in [5, 5.41) is 19.1. The molecular formula is C7H6N2O4. The minimum Gasteiger partial charge on any atom is -0.477 e. The summed E-state index contributed by atoms with van der Waals surface area (Å²) in [6.45, 7) is 1.39. The van der Waals surface area contributed by atoms with Crippen molar-refractivity contribution in [1.29, 1.82) is 0 Å². The second-order valence-electron chi connectivity index (χ2n) is 2.35. The van der Waals surface area contributed by atoms with Crippen LogP contribution in [0.3, 0.4) is 0 Å². The molecule has 1 aromatic rings. The van der Waals surface area contributed by atoms with Crippen LogP contribution >= 0.6 is 0 Å². The Kier molecular flexibility index (Phi) is 2.23. The van der Waals surface area contributed by atoms with Gasteiger partial charge >= 0.3 is 11.7 Å². The molecule has 1 rings (SSSR count). The summed E-state index contributed by atoms with van der Waals surface area (Å²) >= 11 is 0. The second-order valence-corrected chi connectivity index (χ2v) is 2.35. The topological polar surface area (TPSA) is 93.3 Å². The molecule has 0 saturated heterocycles. The van der Waals surface area contributed by atoms with Crippen molar-refractivity contribution in [3.8, 4) is 0 Å². The highest BCUT2D eigenvalue weighted by molar-refractivity contribution is 5.92. The first-order chi connectivity index (χ1) is 6.04. The van der Waals surface area contributed by atoms with Gasteiger partial charge in [-0.3, -0.25) is 15.1 Å². The molecule has 0 atom stereocenters. The largest absolute Gasteiger partial charge is 0.477 e. The van der Waals surface area contributed by atoms with Crippen molar-refractivity contribution in [2.45, 2.75) is 6.92 Å². The molecule has 68 valence electrons. The summed E-state index contributed by atoms with van der Waals surface area (Å²) < 4.78 is 0. The van der Waals surface area contributed by atoms with Gasteiger partial charge < -0.3 is 5.11 Å². The Hall–Kier alpha value is -1.98. The number of nitrogens with zero attached hydrogens (tertiary/aromatic N) is 2. The first-order valence-electron chi connectivity index (χ1n) is 3.37. The van der Waals surface area contributed by atoms with Crippen molar-refractivity contribution in [2.75, 3.05) is 0 Å². The minimum absolute atomic E-state index is 0.102. The van der Waals surface area contributed by atoms with Crippen LogP contribution in [0.5, 0.6) is 0 Å². The first kappa shape index (κ1) is 9.11. The van der Waals surface area contributed by atoms with Gasteiger partial charge in [-0.05, 0) is 13.0 Å². The Morgan fingerprint density at radius 2 is 2.31 bits per heavy atom. The van der Waals surface area contributed by atoms with Crippen LogP contribution < -0.4 is 0 Å². The van der Waals surface area contributed by atoms with E-state index in [1.165, 1.54) is 13.1 Å². The number of aromatic nitrogens is 1. The van der Waals surface area contributed by atoms with Gasteiger partial charge in [-0.15, -0.1) is 0 Å². The van der Waals surface area contributed by atoms with E-state index in [0.717, 1.165) is 6.07 Å². The molecule has 0 aromatic carbocycles. The maximum Gasteiger partial charge on any atom is 0.342 e. The molecule has 0 unspecified atom stereocenters. The van der Waals surface area contributed by atoms with Crippen LogP contribution in [-0.2, 0) is 0 Å². The van der Waals surface area contributed by atoms with Gasteiger partial charge in [0.1, 0.15) is 11.3 Å². The van der Waals surface area contributed by atoms with Crippen LogP contribution in [0.1, 0.15) is 16.1 Å². The zero-order valence-corrected chi connectivity index (χ0v) is 6.72. The Bertz CT molecular complexity index is 375. The highest BCUT2D eigenvalue weighted by atomic mass is 16.6. The summed E-state index contributed by atoms with van der Waals surface area (Å²) in [7, 11) is 0. The lowest BCUT2D eigenvalue weighted by Gasteiger charge is -1.98. The number of nitro groups is 1. The fourth-order valence-corrected chi connectivity index (χ4v) is 0.962. The van der Waals surface area contributed by atoms with Crippen molar-refractivity contribution >= 4 is 11.7 Å². The molecule has 1 N–H and O–H groups in total. The molecule has 1 heterocycles. The molecule has 6 nitrogen and oxygen atoms in total. The lowest BCUT2D eigenvalue weighted by atomic mass is 10.2. The Morgan fingerprint density at radius 3 is 2.69 bits per heavy atom. The van der Waals surface area contributed by atoms with Crippen molar-refractivity contribution in [3.05, 3.63) is 33.6 Å². The maximum absolute atomic E-state index is 10.5. The van der Waals surface area contributed by atoms with E-state index in [1.54, 1.807) is 0 Å². The molecule has 1 aromatic heterocycles. The summed E-state index contributed by atoms with van der Waals surface area (Å²) in [5.74, 6) is -1.32. The van der Waals surface area contributed by atoms with E-state index in [-0.39, 0.29) is 11.3 Å². The van der Waals surface area contributed by atoms with E-state index in [9.17, 15) is 14.9 Å². The van der Waals surface area contributed by atoms with Gasteiger partial charge in [-0.25, -0.2) is 4.79 Å². The monoisotopic (exact) mass is 182 g/mol. The lowest BCUT2D eigenvalue weighted by molar-refractivity contribution is -0.386. The van der Waals surface area contributed by atoms with Gasteiger partial charge in [-0.1, -0.05) is 0 Å². The van der Waals surface area contributed by atoms with E-state index >= 15 is 0 Å². The summed E-state index contributed by atoms with van der Waals surface area (Å²) in [6.07, 6.45) is 1.23. The van der Waals surface area contributed by atoms with Crippen LogP contribution in [0.15, 0.2) is 12.3 Å². The number of hydrogen-bond acceptors (Lipinski definition) is 4. The number of aryl methyl sites for hydroxylation is 1. The van der Waals surface area contributed by atoms with Crippen LogP contribution in [0.25, 0.3) is 0 Å². The van der Waals surface area contributed by atoms with E-state index in [4.69, 9.17) is 5.11 Å². The highest BCUT2D eigenvalue weighted by Crippen LogP contribution is 2.20. The quantitative estimate of drug-likeness (QED) is 0.543. The lowest BCUT2D eigenvalue weighted by Crippen LogP contribution is -2.05. The first-order valence-corrected chi connectivity index (χ1v) is 3.37. The molecule has 0 fully saturated rings. The van der Waals surface area contributed by atoms with Crippen LogP contribution in [0, 0.1) is 17.0 Å². The molecule has 0 aliphatic carbocycles. The number of hydrogen-bond donors (Lipinski definition) is 1. The van der Waals surface area contributed by atoms with Crippen LogP contribution in [-0.4, -0.2) is 21.0 Å². The van der Waals surface area contributed by atoms with Gasteiger partial charge in [0.2, 0.25) is 0 Å². The third kappa shape index (κ3) is 1.61. The van der Waals surface area contributed by atoms with E-state index in [2.05, 4.69) is 4.98 Å². The Balaban J connectivity index is 3.43. The summed E-state index contributed by atoms with van der Waals surface area (Å²) in [5.41, 5.74) is -0.683. The molecule has 13 heavy (non-hydrogen) atoms. The highest BCUT2D eigenvalue weighted by Gasteiger charge is 2.22. The molecule has 6 heteroatoms. The van der Waals surface area contributed by atoms with E-state index < -0.39 is 16.6 Å². The Labute approximate surface area is 73.0 Å². The molecule has 0 amide bonds. The molecule has 0 bridgehead atoms. The van der Waals surface area contributed by atoms with E-state index in [0.29, 0.717) is 0 Å². The predicted molar refractivity (Wildman–Crippen MR) is 42.6 cm³/mol. The molecule has 0 saturated carbocycles. The predicted octanol–water partition coefficient (Wildman–Crippen LogP) is 0.996.